The Morgan fingerprint density at radius 2 is 2.18 bits per heavy atom. The Morgan fingerprint density at radius 3 is 2.64 bits per heavy atom. The molecule has 0 aromatic rings. The Kier molecular flexibility index (Phi) is 6.62. The van der Waals surface area contributed by atoms with Crippen LogP contribution in [0.15, 0.2) is 0 Å². The van der Waals surface area contributed by atoms with E-state index >= 15 is 0 Å². The van der Waals surface area contributed by atoms with Crippen LogP contribution in [0.1, 0.15) is 33.1 Å². The number of halogens is 1. The van der Waals surface area contributed by atoms with Gasteiger partial charge in [0.2, 0.25) is 5.91 Å². The maximum atomic E-state index is 10.8. The lowest BCUT2D eigenvalue weighted by Gasteiger charge is -2.06. The molecule has 0 aromatic carbocycles. The highest BCUT2D eigenvalue weighted by Crippen LogP contribution is 2.07. The topological polar surface area (TPSA) is 29.1 Å². The van der Waals surface area contributed by atoms with Crippen LogP contribution in [-0.4, -0.2) is 17.3 Å². The fourth-order valence-corrected chi connectivity index (χ4v) is 0.926. The Bertz CT molecular complexity index is 117. The standard InChI is InChI=1S/C8H16BrNO/c1-3-7(9)5-6-10-8(11)4-2/h7H,3-6H2,1-2H3,(H,10,11). The lowest BCUT2D eigenvalue weighted by molar-refractivity contribution is -0.120. The fourth-order valence-electron chi connectivity index (χ4n) is 0.697. The Morgan fingerprint density at radius 1 is 1.55 bits per heavy atom. The van der Waals surface area contributed by atoms with Crippen molar-refractivity contribution >= 4 is 21.8 Å². The minimum Gasteiger partial charge on any atom is -0.356 e. The van der Waals surface area contributed by atoms with Crippen molar-refractivity contribution in [2.24, 2.45) is 0 Å². The maximum absolute atomic E-state index is 10.8. The lowest BCUT2D eigenvalue weighted by atomic mass is 10.2. The zero-order valence-corrected chi connectivity index (χ0v) is 8.78. The van der Waals surface area contributed by atoms with Gasteiger partial charge in [0.1, 0.15) is 0 Å². The summed E-state index contributed by atoms with van der Waals surface area (Å²) in [4.78, 5) is 11.3. The molecule has 3 heteroatoms. The van der Waals surface area contributed by atoms with Gasteiger partial charge in [0.25, 0.3) is 0 Å². The van der Waals surface area contributed by atoms with E-state index in [0.717, 1.165) is 19.4 Å². The van der Waals surface area contributed by atoms with Crippen molar-refractivity contribution in [3.05, 3.63) is 0 Å². The van der Waals surface area contributed by atoms with Crippen LogP contribution in [0, 0.1) is 0 Å². The molecule has 0 aliphatic carbocycles. The van der Waals surface area contributed by atoms with Gasteiger partial charge in [0.05, 0.1) is 0 Å². The summed E-state index contributed by atoms with van der Waals surface area (Å²) in [6.45, 7) is 4.78. The molecule has 0 rings (SSSR count). The van der Waals surface area contributed by atoms with E-state index in [1.165, 1.54) is 0 Å². The lowest BCUT2D eigenvalue weighted by Crippen LogP contribution is -2.24. The summed E-state index contributed by atoms with van der Waals surface area (Å²) < 4.78 is 0. The van der Waals surface area contributed by atoms with E-state index < -0.39 is 0 Å². The third-order valence-electron chi connectivity index (χ3n) is 1.54. The van der Waals surface area contributed by atoms with E-state index in [1.54, 1.807) is 0 Å². The van der Waals surface area contributed by atoms with E-state index in [4.69, 9.17) is 0 Å². The van der Waals surface area contributed by atoms with Gasteiger partial charge in [0, 0.05) is 17.8 Å². The monoisotopic (exact) mass is 221 g/mol. The first kappa shape index (κ1) is 11.0. The summed E-state index contributed by atoms with van der Waals surface area (Å²) in [5.41, 5.74) is 0. The molecule has 1 unspecified atom stereocenters. The molecule has 1 amide bonds. The Labute approximate surface area is 76.9 Å². The number of amides is 1. The number of hydrogen-bond donors (Lipinski definition) is 1. The SMILES string of the molecule is CCC(=O)NCCC(Br)CC. The number of carbonyl (C=O) groups is 1. The van der Waals surface area contributed by atoms with Gasteiger partial charge in [-0.3, -0.25) is 4.79 Å². The highest BCUT2D eigenvalue weighted by molar-refractivity contribution is 9.09. The van der Waals surface area contributed by atoms with Gasteiger partial charge in [-0.15, -0.1) is 0 Å². The first-order chi connectivity index (χ1) is 5.20. The van der Waals surface area contributed by atoms with Gasteiger partial charge in [-0.1, -0.05) is 29.8 Å². The molecule has 2 nitrogen and oxygen atoms in total. The summed E-state index contributed by atoms with van der Waals surface area (Å²) in [5.74, 6) is 0.140. The Balaban J connectivity index is 3.20. The summed E-state index contributed by atoms with van der Waals surface area (Å²) in [7, 11) is 0. The molecule has 0 radical (unpaired) electrons. The van der Waals surface area contributed by atoms with Gasteiger partial charge in [0.15, 0.2) is 0 Å². The van der Waals surface area contributed by atoms with Crippen LogP contribution in [0.5, 0.6) is 0 Å². The van der Waals surface area contributed by atoms with E-state index in [-0.39, 0.29) is 5.91 Å². The van der Waals surface area contributed by atoms with Crippen LogP contribution in [0.25, 0.3) is 0 Å². The molecule has 0 heterocycles. The van der Waals surface area contributed by atoms with Crippen molar-refractivity contribution < 1.29 is 4.79 Å². The molecule has 0 saturated heterocycles. The zero-order valence-electron chi connectivity index (χ0n) is 7.19. The quantitative estimate of drug-likeness (QED) is 0.709. The molecule has 0 spiro atoms. The molecule has 0 aromatic heterocycles. The van der Waals surface area contributed by atoms with Crippen molar-refractivity contribution in [3.8, 4) is 0 Å². The van der Waals surface area contributed by atoms with Gasteiger partial charge in [-0.05, 0) is 12.8 Å². The second-order valence-corrected chi connectivity index (χ2v) is 3.79. The molecule has 66 valence electrons. The first-order valence-electron chi connectivity index (χ1n) is 4.11. The molecule has 1 N–H and O–H groups in total. The number of nitrogens with one attached hydrogen (secondary N) is 1. The van der Waals surface area contributed by atoms with Crippen LogP contribution in [0.4, 0.5) is 0 Å². The summed E-state index contributed by atoms with van der Waals surface area (Å²) in [5, 5.41) is 2.83. The normalized spacial score (nSPS) is 12.6. The average Bonchev–Trinajstić information content (AvgIpc) is 2.04. The summed E-state index contributed by atoms with van der Waals surface area (Å²) >= 11 is 3.50. The van der Waals surface area contributed by atoms with Crippen molar-refractivity contribution in [2.45, 2.75) is 37.9 Å². The third-order valence-corrected chi connectivity index (χ3v) is 2.65. The number of alkyl halides is 1. The smallest absolute Gasteiger partial charge is 0.219 e. The molecule has 0 aliphatic heterocycles. The summed E-state index contributed by atoms with van der Waals surface area (Å²) in [6, 6.07) is 0. The van der Waals surface area contributed by atoms with Gasteiger partial charge < -0.3 is 5.32 Å². The Hall–Kier alpha value is -0.0500. The maximum Gasteiger partial charge on any atom is 0.219 e. The zero-order chi connectivity index (χ0) is 8.69. The van der Waals surface area contributed by atoms with Crippen molar-refractivity contribution in [1.82, 2.24) is 5.32 Å². The highest BCUT2D eigenvalue weighted by Gasteiger charge is 2.00. The predicted molar refractivity (Wildman–Crippen MR) is 50.9 cm³/mol. The average molecular weight is 222 g/mol. The minimum absolute atomic E-state index is 0.140. The van der Waals surface area contributed by atoms with Crippen LogP contribution in [0.2, 0.25) is 0 Å². The van der Waals surface area contributed by atoms with E-state index in [2.05, 4.69) is 28.2 Å². The van der Waals surface area contributed by atoms with Crippen molar-refractivity contribution in [3.63, 3.8) is 0 Å². The number of carbonyl (C=O) groups excluding carboxylic acids is 1. The van der Waals surface area contributed by atoms with Crippen LogP contribution in [-0.2, 0) is 4.79 Å². The van der Waals surface area contributed by atoms with Crippen LogP contribution in [0.3, 0.4) is 0 Å². The number of rotatable bonds is 5. The van der Waals surface area contributed by atoms with Crippen LogP contribution < -0.4 is 5.32 Å². The molecule has 1 atom stereocenters. The minimum atomic E-state index is 0.140. The van der Waals surface area contributed by atoms with Gasteiger partial charge >= 0.3 is 0 Å². The first-order valence-corrected chi connectivity index (χ1v) is 5.03. The highest BCUT2D eigenvalue weighted by atomic mass is 79.9. The van der Waals surface area contributed by atoms with Crippen molar-refractivity contribution in [1.29, 1.82) is 0 Å². The van der Waals surface area contributed by atoms with Crippen LogP contribution >= 0.6 is 15.9 Å². The van der Waals surface area contributed by atoms with E-state index in [9.17, 15) is 4.79 Å². The third kappa shape index (κ3) is 6.35. The fraction of sp³-hybridized carbons (Fsp3) is 0.875. The molecule has 0 fully saturated rings. The van der Waals surface area contributed by atoms with E-state index in [1.807, 2.05) is 6.92 Å². The molecule has 11 heavy (non-hydrogen) atoms. The van der Waals surface area contributed by atoms with Gasteiger partial charge in [-0.25, -0.2) is 0 Å². The molecule has 0 saturated carbocycles. The molecular weight excluding hydrogens is 206 g/mol. The van der Waals surface area contributed by atoms with Gasteiger partial charge in [-0.2, -0.15) is 0 Å². The van der Waals surface area contributed by atoms with Crippen molar-refractivity contribution in [2.75, 3.05) is 6.54 Å². The second kappa shape index (κ2) is 6.65. The summed E-state index contributed by atoms with van der Waals surface area (Å²) in [6.07, 6.45) is 2.71. The molecular formula is C8H16BrNO. The second-order valence-electron chi connectivity index (χ2n) is 2.50. The van der Waals surface area contributed by atoms with E-state index in [0.29, 0.717) is 11.2 Å². The predicted octanol–water partition coefficient (Wildman–Crippen LogP) is 2.08. The largest absolute Gasteiger partial charge is 0.356 e. The molecule has 0 bridgehead atoms. The number of hydrogen-bond acceptors (Lipinski definition) is 1. The molecule has 0 aliphatic rings.